The number of para-hydroxylation sites is 1. The van der Waals surface area contributed by atoms with Crippen molar-refractivity contribution in [2.45, 2.75) is 16.7 Å². The van der Waals surface area contributed by atoms with E-state index in [1.54, 1.807) is 0 Å². The second-order valence-electron chi connectivity index (χ2n) is 5.80. The van der Waals surface area contributed by atoms with Gasteiger partial charge >= 0.3 is 0 Å². The Hall–Kier alpha value is -1.97. The van der Waals surface area contributed by atoms with E-state index in [2.05, 4.69) is 101 Å². The highest BCUT2D eigenvalue weighted by molar-refractivity contribution is 9.10. The topological polar surface area (TPSA) is 15.8 Å². The molecule has 0 aliphatic carbocycles. The molecule has 0 saturated carbocycles. The minimum absolute atomic E-state index is 1.09. The second-order valence-corrected chi connectivity index (χ2v) is 7.80. The lowest BCUT2D eigenvalue weighted by molar-refractivity contribution is 1.36. The van der Waals surface area contributed by atoms with E-state index in [1.807, 2.05) is 11.8 Å². The molecule has 0 aliphatic heterocycles. The largest absolute Gasteiger partial charge is 0.354 e. The van der Waals surface area contributed by atoms with Crippen LogP contribution in [0.3, 0.4) is 0 Å². The summed E-state index contributed by atoms with van der Waals surface area (Å²) in [5, 5.41) is 1.26. The molecule has 0 amide bonds. The molecular formula is C21H16BrNS. The van der Waals surface area contributed by atoms with Crippen LogP contribution in [0, 0.1) is 6.92 Å². The van der Waals surface area contributed by atoms with Crippen LogP contribution in [-0.2, 0) is 0 Å². The fraction of sp³-hybridized carbons (Fsp3) is 0.0476. The maximum absolute atomic E-state index is 3.60. The van der Waals surface area contributed by atoms with E-state index < -0.39 is 0 Å². The molecular weight excluding hydrogens is 378 g/mol. The Morgan fingerprint density at radius 1 is 0.833 bits per heavy atom. The molecule has 1 N–H and O–H groups in total. The summed E-state index contributed by atoms with van der Waals surface area (Å²) >= 11 is 5.33. The maximum atomic E-state index is 3.60. The van der Waals surface area contributed by atoms with Crippen LogP contribution >= 0.6 is 27.7 Å². The molecule has 0 fully saturated rings. The van der Waals surface area contributed by atoms with E-state index in [9.17, 15) is 0 Å². The van der Waals surface area contributed by atoms with Crippen LogP contribution in [0.5, 0.6) is 0 Å². The first-order chi connectivity index (χ1) is 11.7. The van der Waals surface area contributed by atoms with E-state index >= 15 is 0 Å². The lowest BCUT2D eigenvalue weighted by atomic mass is 10.1. The summed E-state index contributed by atoms with van der Waals surface area (Å²) in [7, 11) is 0. The Morgan fingerprint density at radius 2 is 1.54 bits per heavy atom. The van der Waals surface area contributed by atoms with Crippen LogP contribution < -0.4 is 0 Å². The normalized spacial score (nSPS) is 11.1. The third-order valence-corrected chi connectivity index (χ3v) is 5.70. The molecule has 4 aromatic rings. The van der Waals surface area contributed by atoms with Crippen molar-refractivity contribution in [3.63, 3.8) is 0 Å². The number of halogens is 1. The Kier molecular flexibility index (Phi) is 4.21. The Balaban J connectivity index is 1.86. The fourth-order valence-corrected chi connectivity index (χ4v) is 4.10. The number of hydrogen-bond acceptors (Lipinski definition) is 1. The third-order valence-electron chi connectivity index (χ3n) is 4.03. The van der Waals surface area contributed by atoms with Crippen LogP contribution in [0.4, 0.5) is 0 Å². The molecule has 4 rings (SSSR count). The predicted molar refractivity (Wildman–Crippen MR) is 107 cm³/mol. The van der Waals surface area contributed by atoms with Gasteiger partial charge in [0.15, 0.2) is 0 Å². The SMILES string of the molecule is Cc1ccc(Sc2c(-c3ccc(Br)cc3)[nH]c3ccccc23)cc1. The molecule has 0 radical (unpaired) electrons. The van der Waals surface area contributed by atoms with Gasteiger partial charge in [0.25, 0.3) is 0 Å². The Bertz CT molecular complexity index is 985. The number of nitrogens with one attached hydrogen (secondary N) is 1. The standard InChI is InChI=1S/C21H16BrNS/c1-14-6-12-17(13-7-14)24-21-18-4-2-3-5-19(18)23-20(21)15-8-10-16(22)11-9-15/h2-13,23H,1H3. The highest BCUT2D eigenvalue weighted by Gasteiger charge is 2.14. The van der Waals surface area contributed by atoms with E-state index in [4.69, 9.17) is 0 Å². The molecule has 1 aromatic heterocycles. The highest BCUT2D eigenvalue weighted by Crippen LogP contribution is 2.41. The smallest absolute Gasteiger partial charge is 0.0606 e. The zero-order chi connectivity index (χ0) is 16.5. The van der Waals surface area contributed by atoms with Crippen molar-refractivity contribution in [2.24, 2.45) is 0 Å². The summed E-state index contributed by atoms with van der Waals surface area (Å²) in [6.07, 6.45) is 0. The summed E-state index contributed by atoms with van der Waals surface area (Å²) in [4.78, 5) is 6.12. The van der Waals surface area contributed by atoms with E-state index in [0.717, 1.165) is 4.47 Å². The Labute approximate surface area is 154 Å². The predicted octanol–water partition coefficient (Wildman–Crippen LogP) is 7.06. The number of rotatable bonds is 3. The Morgan fingerprint density at radius 3 is 2.29 bits per heavy atom. The van der Waals surface area contributed by atoms with Crippen molar-refractivity contribution in [1.29, 1.82) is 0 Å². The summed E-state index contributed by atoms with van der Waals surface area (Å²) in [6, 6.07) is 25.7. The number of aryl methyl sites for hydroxylation is 1. The minimum atomic E-state index is 1.09. The quantitative estimate of drug-likeness (QED) is 0.393. The van der Waals surface area contributed by atoms with Crippen LogP contribution in [0.2, 0.25) is 0 Å². The summed E-state index contributed by atoms with van der Waals surface area (Å²) in [5.74, 6) is 0. The van der Waals surface area contributed by atoms with Crippen molar-refractivity contribution in [3.05, 3.63) is 82.8 Å². The van der Waals surface area contributed by atoms with Gasteiger partial charge in [-0.3, -0.25) is 0 Å². The molecule has 0 aliphatic rings. The van der Waals surface area contributed by atoms with Crippen LogP contribution in [0.15, 0.2) is 87.1 Å². The van der Waals surface area contributed by atoms with Crippen molar-refractivity contribution >= 4 is 38.6 Å². The highest BCUT2D eigenvalue weighted by atomic mass is 79.9. The third kappa shape index (κ3) is 3.02. The van der Waals surface area contributed by atoms with E-state index in [1.165, 1.54) is 37.5 Å². The molecule has 0 saturated heterocycles. The molecule has 0 bridgehead atoms. The van der Waals surface area contributed by atoms with Crippen molar-refractivity contribution < 1.29 is 0 Å². The van der Waals surface area contributed by atoms with Crippen molar-refractivity contribution in [1.82, 2.24) is 4.98 Å². The lowest BCUT2D eigenvalue weighted by Gasteiger charge is -2.06. The van der Waals surface area contributed by atoms with Gasteiger partial charge in [0, 0.05) is 25.2 Å². The summed E-state index contributed by atoms with van der Waals surface area (Å²) < 4.78 is 1.09. The van der Waals surface area contributed by atoms with Crippen LogP contribution in [0.25, 0.3) is 22.2 Å². The van der Waals surface area contributed by atoms with Gasteiger partial charge < -0.3 is 4.98 Å². The van der Waals surface area contributed by atoms with Gasteiger partial charge in [0.05, 0.1) is 5.69 Å². The van der Waals surface area contributed by atoms with Crippen molar-refractivity contribution in [3.8, 4) is 11.3 Å². The van der Waals surface area contributed by atoms with Gasteiger partial charge in [0.2, 0.25) is 0 Å². The number of hydrogen-bond donors (Lipinski definition) is 1. The first-order valence-electron chi connectivity index (χ1n) is 7.82. The van der Waals surface area contributed by atoms with Gasteiger partial charge in [-0.1, -0.05) is 75.7 Å². The molecule has 3 aromatic carbocycles. The molecule has 3 heteroatoms. The van der Waals surface area contributed by atoms with Crippen LogP contribution in [0.1, 0.15) is 5.56 Å². The maximum Gasteiger partial charge on any atom is 0.0606 e. The molecule has 0 atom stereocenters. The number of fused-ring (bicyclic) bond motifs is 1. The number of H-pyrrole nitrogens is 1. The summed E-state index contributed by atoms with van der Waals surface area (Å²) in [6.45, 7) is 2.12. The summed E-state index contributed by atoms with van der Waals surface area (Å²) in [5.41, 5.74) is 4.83. The van der Waals surface area contributed by atoms with E-state index in [-0.39, 0.29) is 0 Å². The zero-order valence-corrected chi connectivity index (χ0v) is 15.6. The minimum Gasteiger partial charge on any atom is -0.354 e. The molecule has 118 valence electrons. The fourth-order valence-electron chi connectivity index (χ4n) is 2.77. The molecule has 1 heterocycles. The first kappa shape index (κ1) is 15.6. The zero-order valence-electron chi connectivity index (χ0n) is 13.2. The van der Waals surface area contributed by atoms with Crippen molar-refractivity contribution in [2.75, 3.05) is 0 Å². The monoisotopic (exact) mass is 393 g/mol. The number of aromatic amines is 1. The van der Waals surface area contributed by atoms with Crippen LogP contribution in [-0.4, -0.2) is 4.98 Å². The van der Waals surface area contributed by atoms with Gasteiger partial charge in [-0.25, -0.2) is 0 Å². The lowest BCUT2D eigenvalue weighted by Crippen LogP contribution is -1.81. The van der Waals surface area contributed by atoms with E-state index in [0.29, 0.717) is 0 Å². The number of benzene rings is 3. The van der Waals surface area contributed by atoms with Gasteiger partial charge in [-0.05, 0) is 42.8 Å². The molecule has 0 spiro atoms. The molecule has 24 heavy (non-hydrogen) atoms. The second kappa shape index (κ2) is 6.50. The number of aromatic nitrogens is 1. The van der Waals surface area contributed by atoms with Gasteiger partial charge in [0.1, 0.15) is 0 Å². The average molecular weight is 394 g/mol. The molecule has 0 unspecified atom stereocenters. The van der Waals surface area contributed by atoms with Gasteiger partial charge in [-0.15, -0.1) is 0 Å². The van der Waals surface area contributed by atoms with Gasteiger partial charge in [-0.2, -0.15) is 0 Å². The molecule has 1 nitrogen and oxygen atoms in total. The first-order valence-corrected chi connectivity index (χ1v) is 9.43. The average Bonchev–Trinajstić information content (AvgIpc) is 2.96.